The van der Waals surface area contributed by atoms with Gasteiger partial charge in [-0.25, -0.2) is 9.59 Å². The van der Waals surface area contributed by atoms with E-state index in [1.165, 1.54) is 141 Å². The molecule has 0 fully saturated rings. The molecule has 2 N–H and O–H groups in total. The molecule has 290 valence electrons. The molecule has 0 saturated carbocycles. The average Bonchev–Trinajstić information content (AvgIpc) is 3.10. The minimum atomic E-state index is -0.466. The van der Waals surface area contributed by atoms with Gasteiger partial charge < -0.3 is 19.3 Å². The number of ether oxygens (including phenoxy) is 2. The third-order valence-electron chi connectivity index (χ3n) is 9.50. The molecule has 0 unspecified atom stereocenters. The highest BCUT2D eigenvalue weighted by molar-refractivity contribution is 5.87. The first-order valence-electron chi connectivity index (χ1n) is 20.8. The lowest BCUT2D eigenvalue weighted by Gasteiger charge is -2.16. The third kappa shape index (κ3) is 29.4. The normalized spacial score (nSPS) is 11.3. The van der Waals surface area contributed by atoms with E-state index in [1.807, 2.05) is 0 Å². The van der Waals surface area contributed by atoms with Gasteiger partial charge in [0.1, 0.15) is 0 Å². The zero-order valence-electron chi connectivity index (χ0n) is 33.1. The Kier molecular flexibility index (Phi) is 30.9. The Morgan fingerprint density at radius 3 is 1.00 bits per heavy atom. The van der Waals surface area contributed by atoms with E-state index in [0.717, 1.165) is 39.0 Å². The molecule has 1 aromatic carbocycles. The largest absolute Gasteiger partial charge is 0.449 e. The fourth-order valence-electron chi connectivity index (χ4n) is 6.26. The molecule has 0 aliphatic carbocycles. The van der Waals surface area contributed by atoms with Crippen LogP contribution in [0, 0.1) is 0 Å². The maximum atomic E-state index is 12.2. The van der Waals surface area contributed by atoms with E-state index in [1.54, 1.807) is 24.3 Å². The van der Waals surface area contributed by atoms with Crippen LogP contribution in [0.2, 0.25) is 0 Å². The summed E-state index contributed by atoms with van der Waals surface area (Å²) in [5.74, 6) is 0. The van der Waals surface area contributed by atoms with Gasteiger partial charge in [-0.15, -0.1) is 0 Å². The van der Waals surface area contributed by atoms with Crippen LogP contribution in [0.4, 0.5) is 21.0 Å². The first-order valence-corrected chi connectivity index (χ1v) is 20.8. The van der Waals surface area contributed by atoms with E-state index in [9.17, 15) is 9.59 Å². The molecule has 1 rings (SSSR count). The highest BCUT2D eigenvalue weighted by atomic mass is 16.6. The molecule has 0 aliphatic rings. The van der Waals surface area contributed by atoms with Crippen LogP contribution in [0.3, 0.4) is 0 Å². The lowest BCUT2D eigenvalue weighted by molar-refractivity contribution is 0.153. The third-order valence-corrected chi connectivity index (χ3v) is 9.50. The molecule has 1 aromatic rings. The van der Waals surface area contributed by atoms with Crippen LogP contribution < -0.4 is 10.6 Å². The quantitative estimate of drug-likeness (QED) is 0.0696. The van der Waals surface area contributed by atoms with Crippen LogP contribution in [0.25, 0.3) is 0 Å². The van der Waals surface area contributed by atoms with Crippen molar-refractivity contribution in [2.24, 2.45) is 0 Å². The minimum absolute atomic E-state index is 0.384. The predicted octanol–water partition coefficient (Wildman–Crippen LogP) is 12.0. The van der Waals surface area contributed by atoms with E-state index >= 15 is 0 Å². The predicted molar refractivity (Wildman–Crippen MR) is 214 cm³/mol. The number of anilines is 2. The summed E-state index contributed by atoms with van der Waals surface area (Å²) in [7, 11) is 4.28. The van der Waals surface area contributed by atoms with Crippen LogP contribution in [0.15, 0.2) is 24.3 Å². The van der Waals surface area contributed by atoms with E-state index in [4.69, 9.17) is 9.47 Å². The van der Waals surface area contributed by atoms with E-state index in [-0.39, 0.29) is 0 Å². The van der Waals surface area contributed by atoms with Gasteiger partial charge in [0.15, 0.2) is 0 Å². The Labute approximate surface area is 308 Å². The summed E-state index contributed by atoms with van der Waals surface area (Å²) >= 11 is 0. The second-order valence-corrected chi connectivity index (χ2v) is 14.5. The first-order chi connectivity index (χ1) is 24.4. The monoisotopic (exact) mass is 703 g/mol. The number of carbonyl (C=O) groups is 2. The summed E-state index contributed by atoms with van der Waals surface area (Å²) in [4.78, 5) is 29.1. The van der Waals surface area contributed by atoms with E-state index in [0.29, 0.717) is 24.6 Å². The van der Waals surface area contributed by atoms with Crippen molar-refractivity contribution in [3.63, 3.8) is 0 Å². The topological polar surface area (TPSA) is 83.1 Å². The number of unbranched alkanes of at least 4 members (excludes halogenated alkanes) is 20. The Balaban J connectivity index is 1.99. The van der Waals surface area contributed by atoms with Crippen LogP contribution in [-0.2, 0) is 9.47 Å². The summed E-state index contributed by atoms with van der Waals surface area (Å²) in [6.45, 7) is 9.32. The van der Waals surface area contributed by atoms with Crippen molar-refractivity contribution < 1.29 is 19.1 Å². The fraction of sp³-hybridized carbons (Fsp3) is 0.810. The molecule has 2 amide bonds. The number of hydrogen-bond acceptors (Lipinski definition) is 6. The van der Waals surface area contributed by atoms with Gasteiger partial charge in [0.2, 0.25) is 0 Å². The highest BCUT2D eigenvalue weighted by Crippen LogP contribution is 2.15. The lowest BCUT2D eigenvalue weighted by atomic mass is 10.1. The zero-order valence-corrected chi connectivity index (χ0v) is 33.1. The molecule has 8 nitrogen and oxygen atoms in total. The maximum absolute atomic E-state index is 12.2. The molecule has 0 heterocycles. The molecule has 0 radical (unpaired) electrons. The summed E-state index contributed by atoms with van der Waals surface area (Å²) in [5, 5.41) is 5.50. The van der Waals surface area contributed by atoms with Crippen molar-refractivity contribution in [2.75, 3.05) is 64.1 Å². The first kappa shape index (κ1) is 45.7. The molecule has 8 heteroatoms. The number of nitrogens with one attached hydrogen (secondary N) is 2. The van der Waals surface area contributed by atoms with Gasteiger partial charge in [0, 0.05) is 24.5 Å². The van der Waals surface area contributed by atoms with Crippen molar-refractivity contribution in [3.05, 3.63) is 24.3 Å². The maximum Gasteiger partial charge on any atom is 0.411 e. The Hall–Kier alpha value is -2.32. The summed E-state index contributed by atoms with van der Waals surface area (Å²) in [6.07, 6.45) is 30.6. The molecule has 0 saturated heterocycles. The second kappa shape index (κ2) is 33.8. The highest BCUT2D eigenvalue weighted by Gasteiger charge is 2.07. The summed E-state index contributed by atoms with van der Waals surface area (Å²) in [5.41, 5.74) is 1.23. The van der Waals surface area contributed by atoms with Crippen molar-refractivity contribution in [2.45, 2.75) is 168 Å². The zero-order chi connectivity index (χ0) is 36.3. The van der Waals surface area contributed by atoms with Gasteiger partial charge in [0.25, 0.3) is 0 Å². The number of hydrogen-bond donors (Lipinski definition) is 2. The van der Waals surface area contributed by atoms with E-state index < -0.39 is 12.2 Å². The molecule has 50 heavy (non-hydrogen) atoms. The molecule has 0 bridgehead atoms. The summed E-state index contributed by atoms with van der Waals surface area (Å²) in [6, 6.07) is 6.95. The van der Waals surface area contributed by atoms with Crippen LogP contribution in [0.1, 0.15) is 168 Å². The number of amides is 2. The second-order valence-electron chi connectivity index (χ2n) is 14.5. The van der Waals surface area contributed by atoms with Gasteiger partial charge in [0.05, 0.1) is 13.2 Å². The minimum Gasteiger partial charge on any atom is -0.449 e. The molecular weight excluding hydrogens is 624 g/mol. The molecular formula is C42H78N4O4. The molecule has 0 aromatic heterocycles. The Bertz CT molecular complexity index is 841. The summed E-state index contributed by atoms with van der Waals surface area (Å²) < 4.78 is 10.7. The number of rotatable bonds is 34. The number of benzene rings is 1. The van der Waals surface area contributed by atoms with Crippen LogP contribution in [-0.4, -0.2) is 75.5 Å². The van der Waals surface area contributed by atoms with Crippen LogP contribution in [0.5, 0.6) is 0 Å². The fourth-order valence-corrected chi connectivity index (χ4v) is 6.26. The van der Waals surface area contributed by atoms with Crippen molar-refractivity contribution in [3.8, 4) is 0 Å². The smallest absolute Gasteiger partial charge is 0.411 e. The van der Waals surface area contributed by atoms with Crippen molar-refractivity contribution >= 4 is 23.6 Å². The van der Waals surface area contributed by atoms with Gasteiger partial charge in [-0.1, -0.05) is 142 Å². The van der Waals surface area contributed by atoms with Crippen molar-refractivity contribution in [1.82, 2.24) is 9.80 Å². The Morgan fingerprint density at radius 2 is 0.700 bits per heavy atom. The van der Waals surface area contributed by atoms with E-state index in [2.05, 4.69) is 48.4 Å². The Morgan fingerprint density at radius 1 is 0.440 bits per heavy atom. The van der Waals surface area contributed by atoms with Gasteiger partial charge in [-0.2, -0.15) is 0 Å². The van der Waals surface area contributed by atoms with Gasteiger partial charge >= 0.3 is 12.2 Å². The lowest BCUT2D eigenvalue weighted by Crippen LogP contribution is -2.23. The molecule has 0 aliphatic heterocycles. The SMILES string of the molecule is CCCCCCCCCCCCCN(C)CCCOC(=O)Nc1ccc(NC(=O)OCCCN(C)CCCCCCCCCCCCC)cc1. The van der Waals surface area contributed by atoms with Crippen LogP contribution >= 0.6 is 0 Å². The average molecular weight is 703 g/mol. The van der Waals surface area contributed by atoms with Gasteiger partial charge in [-0.05, 0) is 77.1 Å². The number of nitrogens with zero attached hydrogens (tertiary/aromatic N) is 2. The van der Waals surface area contributed by atoms with Crippen molar-refractivity contribution in [1.29, 1.82) is 0 Å². The molecule has 0 atom stereocenters. The molecule has 0 spiro atoms. The number of carbonyl (C=O) groups excluding carboxylic acids is 2. The standard InChI is InChI=1S/C42H78N4O4/c1-5-7-9-11-13-15-17-19-21-23-25-33-45(3)35-27-37-49-41(47)43-39-29-31-40(32-30-39)44-42(48)50-38-28-36-46(4)34-26-24-22-20-18-16-14-12-10-8-6-2/h29-32H,5-28,33-38H2,1-4H3,(H,43,47)(H,44,48). The van der Waals surface area contributed by atoms with Gasteiger partial charge in [-0.3, -0.25) is 10.6 Å².